The van der Waals surface area contributed by atoms with Crippen molar-refractivity contribution in [1.82, 2.24) is 0 Å². The van der Waals surface area contributed by atoms with Crippen LogP contribution in [0.4, 0.5) is 0 Å². The lowest BCUT2D eigenvalue weighted by atomic mass is 10.4. The lowest BCUT2D eigenvalue weighted by Crippen LogP contribution is -1.82. The molecular formula is C13H15NO. The number of rotatable bonds is 0. The zero-order valence-corrected chi connectivity index (χ0v) is 8.49. The van der Waals surface area contributed by atoms with E-state index in [9.17, 15) is 0 Å². The van der Waals surface area contributed by atoms with Gasteiger partial charge in [-0.1, -0.05) is 72.8 Å². The first-order valence-corrected chi connectivity index (χ1v) is 4.57. The minimum Gasteiger partial charge on any atom is -0.372 e. The highest BCUT2D eigenvalue weighted by Gasteiger charge is 1.58. The Bertz CT molecular complexity index is 223. The van der Waals surface area contributed by atoms with Gasteiger partial charge in [0.05, 0.1) is 0 Å². The summed E-state index contributed by atoms with van der Waals surface area (Å²) in [6.07, 6.45) is 0.250. The predicted octanol–water partition coefficient (Wildman–Crippen LogP) is 2.47. The zero-order chi connectivity index (χ0) is 11.2. The van der Waals surface area contributed by atoms with Gasteiger partial charge in [-0.05, 0) is 0 Å². The molecule has 0 spiro atoms. The van der Waals surface area contributed by atoms with Crippen molar-refractivity contribution >= 4 is 6.41 Å². The molecule has 2 aromatic carbocycles. The van der Waals surface area contributed by atoms with Crippen molar-refractivity contribution in [3.05, 3.63) is 72.8 Å². The molecule has 0 radical (unpaired) electrons. The van der Waals surface area contributed by atoms with E-state index in [0.717, 1.165) is 0 Å². The fourth-order valence-corrected chi connectivity index (χ4v) is 0.770. The Balaban J connectivity index is 0.000000210. The number of benzene rings is 2. The van der Waals surface area contributed by atoms with Gasteiger partial charge in [0, 0.05) is 0 Å². The molecule has 2 nitrogen and oxygen atoms in total. The third-order valence-corrected chi connectivity index (χ3v) is 1.33. The summed E-state index contributed by atoms with van der Waals surface area (Å²) < 4.78 is 0. The third-order valence-electron chi connectivity index (χ3n) is 1.33. The smallest absolute Gasteiger partial charge is 0.204 e. The molecule has 0 heterocycles. The minimum absolute atomic E-state index is 0.250. The molecule has 15 heavy (non-hydrogen) atoms. The molecule has 0 saturated carbocycles. The number of carbonyl (C=O) groups is 1. The first kappa shape index (κ1) is 12.9. The molecular weight excluding hydrogens is 186 g/mol. The standard InChI is InChI=1S/2C6H6.CH3NO/c2*1-2-4-6-5-3-1;2-1-3/h2*1-6H;1H,(H2,2,3). The van der Waals surface area contributed by atoms with Crippen molar-refractivity contribution in [2.45, 2.75) is 0 Å². The topological polar surface area (TPSA) is 43.1 Å². The van der Waals surface area contributed by atoms with Crippen LogP contribution in [0.1, 0.15) is 0 Å². The van der Waals surface area contributed by atoms with Gasteiger partial charge in [0.1, 0.15) is 0 Å². The van der Waals surface area contributed by atoms with Crippen LogP contribution < -0.4 is 5.73 Å². The molecule has 0 atom stereocenters. The van der Waals surface area contributed by atoms with Crippen LogP contribution in [-0.2, 0) is 4.79 Å². The molecule has 0 fully saturated rings. The Labute approximate surface area is 90.4 Å². The Morgan fingerprint density at radius 3 is 0.667 bits per heavy atom. The van der Waals surface area contributed by atoms with Crippen molar-refractivity contribution in [3.63, 3.8) is 0 Å². The summed E-state index contributed by atoms with van der Waals surface area (Å²) in [7, 11) is 0. The van der Waals surface area contributed by atoms with Gasteiger partial charge in [-0.25, -0.2) is 0 Å². The van der Waals surface area contributed by atoms with E-state index in [0.29, 0.717) is 0 Å². The third kappa shape index (κ3) is 11.9. The predicted molar refractivity (Wildman–Crippen MR) is 63.1 cm³/mol. The van der Waals surface area contributed by atoms with Gasteiger partial charge in [-0.15, -0.1) is 0 Å². The fraction of sp³-hybridized carbons (Fsp3) is 0. The van der Waals surface area contributed by atoms with Gasteiger partial charge in [0.25, 0.3) is 0 Å². The number of nitrogens with two attached hydrogens (primary N) is 1. The minimum atomic E-state index is 0.250. The van der Waals surface area contributed by atoms with Crippen LogP contribution in [0.25, 0.3) is 0 Å². The van der Waals surface area contributed by atoms with Gasteiger partial charge >= 0.3 is 0 Å². The van der Waals surface area contributed by atoms with E-state index < -0.39 is 0 Å². The second-order valence-corrected chi connectivity index (χ2v) is 2.45. The molecule has 0 aliphatic rings. The van der Waals surface area contributed by atoms with Crippen molar-refractivity contribution in [1.29, 1.82) is 0 Å². The van der Waals surface area contributed by atoms with Crippen LogP contribution in [0.15, 0.2) is 72.8 Å². The summed E-state index contributed by atoms with van der Waals surface area (Å²) >= 11 is 0. The van der Waals surface area contributed by atoms with Crippen molar-refractivity contribution in [2.24, 2.45) is 5.73 Å². The van der Waals surface area contributed by atoms with Crippen LogP contribution in [0.2, 0.25) is 0 Å². The first-order valence-electron chi connectivity index (χ1n) is 4.57. The van der Waals surface area contributed by atoms with Crippen molar-refractivity contribution in [2.75, 3.05) is 0 Å². The monoisotopic (exact) mass is 201 g/mol. The summed E-state index contributed by atoms with van der Waals surface area (Å²) in [6.45, 7) is 0. The second kappa shape index (κ2) is 11.9. The molecule has 2 rings (SSSR count). The summed E-state index contributed by atoms with van der Waals surface area (Å²) in [6, 6.07) is 24.0. The quantitative estimate of drug-likeness (QED) is 0.654. The first-order chi connectivity index (χ1) is 7.41. The molecule has 78 valence electrons. The van der Waals surface area contributed by atoms with Gasteiger partial charge < -0.3 is 5.73 Å². The van der Waals surface area contributed by atoms with E-state index in [1.54, 1.807) is 0 Å². The summed E-state index contributed by atoms with van der Waals surface area (Å²) in [5.74, 6) is 0. The molecule has 0 aliphatic heterocycles. The molecule has 1 amide bonds. The molecule has 0 unspecified atom stereocenters. The van der Waals surface area contributed by atoms with Gasteiger partial charge in [0.2, 0.25) is 6.41 Å². The molecule has 0 aromatic heterocycles. The highest BCUT2D eigenvalue weighted by molar-refractivity contribution is 5.42. The van der Waals surface area contributed by atoms with E-state index >= 15 is 0 Å². The molecule has 2 aromatic rings. The Hall–Kier alpha value is -2.09. The normalized spacial score (nSPS) is 7.20. The van der Waals surface area contributed by atoms with E-state index in [1.165, 1.54) is 0 Å². The maximum Gasteiger partial charge on any atom is 0.204 e. The van der Waals surface area contributed by atoms with Crippen LogP contribution in [0.3, 0.4) is 0 Å². The van der Waals surface area contributed by atoms with E-state index in [1.807, 2.05) is 72.8 Å². The molecule has 2 N–H and O–H groups in total. The number of primary amides is 1. The van der Waals surface area contributed by atoms with Gasteiger partial charge in [0.15, 0.2) is 0 Å². The highest BCUT2D eigenvalue weighted by Crippen LogP contribution is 1.80. The molecule has 0 saturated heterocycles. The van der Waals surface area contributed by atoms with Gasteiger partial charge in [-0.2, -0.15) is 0 Å². The zero-order valence-electron chi connectivity index (χ0n) is 8.49. The van der Waals surface area contributed by atoms with Crippen molar-refractivity contribution < 1.29 is 4.79 Å². The lowest BCUT2D eigenvalue weighted by molar-refractivity contribution is -0.106. The highest BCUT2D eigenvalue weighted by atomic mass is 16.1. The van der Waals surface area contributed by atoms with Crippen LogP contribution in [0.5, 0.6) is 0 Å². The lowest BCUT2D eigenvalue weighted by Gasteiger charge is -1.69. The fourth-order valence-electron chi connectivity index (χ4n) is 0.770. The molecule has 0 aliphatic carbocycles. The average molecular weight is 201 g/mol. The number of carbonyl (C=O) groups excluding carboxylic acids is 1. The van der Waals surface area contributed by atoms with E-state index in [-0.39, 0.29) is 6.41 Å². The maximum atomic E-state index is 8.58. The second-order valence-electron chi connectivity index (χ2n) is 2.45. The molecule has 2 heteroatoms. The summed E-state index contributed by atoms with van der Waals surface area (Å²) in [4.78, 5) is 8.58. The average Bonchev–Trinajstić information content (AvgIpc) is 2.35. The summed E-state index contributed by atoms with van der Waals surface area (Å²) in [5.41, 5.74) is 4.17. The maximum absolute atomic E-state index is 8.58. The largest absolute Gasteiger partial charge is 0.372 e. The number of amides is 1. The summed E-state index contributed by atoms with van der Waals surface area (Å²) in [5, 5.41) is 0. The van der Waals surface area contributed by atoms with Crippen molar-refractivity contribution in [3.8, 4) is 0 Å². The van der Waals surface area contributed by atoms with E-state index in [2.05, 4.69) is 5.73 Å². The van der Waals surface area contributed by atoms with Crippen LogP contribution in [-0.4, -0.2) is 6.41 Å². The van der Waals surface area contributed by atoms with Gasteiger partial charge in [-0.3, -0.25) is 4.79 Å². The van der Waals surface area contributed by atoms with Crippen LogP contribution in [0, 0.1) is 0 Å². The Kier molecular flexibility index (Phi) is 10.3. The van der Waals surface area contributed by atoms with Crippen LogP contribution >= 0.6 is 0 Å². The SMILES string of the molecule is NC=O.c1ccccc1.c1ccccc1. The molecule has 0 bridgehead atoms. The number of hydrogen-bond acceptors (Lipinski definition) is 1. The number of hydrogen-bond donors (Lipinski definition) is 1. The Morgan fingerprint density at radius 2 is 0.600 bits per heavy atom. The van der Waals surface area contributed by atoms with E-state index in [4.69, 9.17) is 4.79 Å². The Morgan fingerprint density at radius 1 is 0.533 bits per heavy atom.